The first-order chi connectivity index (χ1) is 7.99. The Kier molecular flexibility index (Phi) is 4.82. The van der Waals surface area contributed by atoms with E-state index in [0.717, 1.165) is 17.9 Å². The van der Waals surface area contributed by atoms with E-state index in [4.69, 9.17) is 5.73 Å². The van der Waals surface area contributed by atoms with Crippen LogP contribution in [0.5, 0.6) is 0 Å². The third-order valence-corrected chi connectivity index (χ3v) is 2.26. The van der Waals surface area contributed by atoms with Crippen molar-refractivity contribution < 1.29 is 0 Å². The number of benzene rings is 1. The monoisotopic (exact) mass is 234 g/mol. The standard InChI is InChI=1S/C13H22N4/c1-10(2)9-15-13(14)16-11-6-5-7-12(8-11)17(3)4/h5-8,10H,9H2,1-4H3,(H3,14,15,16). The number of nitrogens with zero attached hydrogens (tertiary/aromatic N) is 2. The lowest BCUT2D eigenvalue weighted by molar-refractivity contribution is 0.665. The SMILES string of the molecule is CC(C)CN=C(N)Nc1cccc(N(C)C)c1. The summed E-state index contributed by atoms with van der Waals surface area (Å²) in [5.74, 6) is 0.984. The Hall–Kier alpha value is -1.71. The van der Waals surface area contributed by atoms with Gasteiger partial charge in [-0.3, -0.25) is 4.99 Å². The molecule has 3 N–H and O–H groups in total. The fraction of sp³-hybridized carbons (Fsp3) is 0.462. The van der Waals surface area contributed by atoms with Gasteiger partial charge in [-0.2, -0.15) is 0 Å². The maximum Gasteiger partial charge on any atom is 0.193 e. The van der Waals surface area contributed by atoms with Crippen molar-refractivity contribution in [2.75, 3.05) is 30.9 Å². The first-order valence-electron chi connectivity index (χ1n) is 5.83. The molecule has 0 aliphatic carbocycles. The van der Waals surface area contributed by atoms with E-state index in [0.29, 0.717) is 11.9 Å². The molecule has 0 spiro atoms. The Morgan fingerprint density at radius 1 is 1.41 bits per heavy atom. The van der Waals surface area contributed by atoms with Gasteiger partial charge in [0.2, 0.25) is 0 Å². The second kappa shape index (κ2) is 6.13. The normalized spacial score (nSPS) is 11.7. The quantitative estimate of drug-likeness (QED) is 0.620. The molecule has 4 heteroatoms. The molecule has 17 heavy (non-hydrogen) atoms. The van der Waals surface area contributed by atoms with Crippen molar-refractivity contribution in [1.82, 2.24) is 0 Å². The molecule has 1 rings (SSSR count). The van der Waals surface area contributed by atoms with Gasteiger partial charge in [0.25, 0.3) is 0 Å². The van der Waals surface area contributed by atoms with Gasteiger partial charge in [0.15, 0.2) is 5.96 Å². The summed E-state index contributed by atoms with van der Waals surface area (Å²) in [5.41, 5.74) is 7.90. The van der Waals surface area contributed by atoms with Crippen molar-refractivity contribution in [3.8, 4) is 0 Å². The molecule has 0 saturated heterocycles. The summed E-state index contributed by atoms with van der Waals surface area (Å²) in [6, 6.07) is 8.06. The van der Waals surface area contributed by atoms with Crippen LogP contribution in [0.25, 0.3) is 0 Å². The van der Waals surface area contributed by atoms with Crippen molar-refractivity contribution in [1.29, 1.82) is 0 Å². The Morgan fingerprint density at radius 3 is 2.71 bits per heavy atom. The van der Waals surface area contributed by atoms with Crippen LogP contribution >= 0.6 is 0 Å². The highest BCUT2D eigenvalue weighted by atomic mass is 15.1. The lowest BCUT2D eigenvalue weighted by atomic mass is 10.2. The van der Waals surface area contributed by atoms with E-state index in [2.05, 4.69) is 24.2 Å². The minimum Gasteiger partial charge on any atom is -0.378 e. The highest BCUT2D eigenvalue weighted by Crippen LogP contribution is 2.16. The first-order valence-corrected chi connectivity index (χ1v) is 5.83. The van der Waals surface area contributed by atoms with Crippen molar-refractivity contribution in [2.45, 2.75) is 13.8 Å². The number of aliphatic imine (C=N–C) groups is 1. The molecule has 94 valence electrons. The van der Waals surface area contributed by atoms with Crippen LogP contribution in [-0.2, 0) is 0 Å². The average molecular weight is 234 g/mol. The Balaban J connectivity index is 2.68. The number of hydrogen-bond acceptors (Lipinski definition) is 2. The number of nitrogens with two attached hydrogens (primary N) is 1. The Labute approximate surface area is 104 Å². The average Bonchev–Trinajstić information content (AvgIpc) is 2.26. The Bertz CT molecular complexity index is 383. The van der Waals surface area contributed by atoms with E-state index in [1.807, 2.05) is 43.3 Å². The van der Waals surface area contributed by atoms with Crippen LogP contribution in [0.4, 0.5) is 11.4 Å². The van der Waals surface area contributed by atoms with E-state index < -0.39 is 0 Å². The van der Waals surface area contributed by atoms with Crippen LogP contribution < -0.4 is 16.0 Å². The van der Waals surface area contributed by atoms with E-state index in [-0.39, 0.29) is 0 Å². The van der Waals surface area contributed by atoms with Crippen LogP contribution in [0.3, 0.4) is 0 Å². The predicted molar refractivity (Wildman–Crippen MR) is 75.7 cm³/mol. The lowest BCUT2D eigenvalue weighted by Gasteiger charge is -2.14. The van der Waals surface area contributed by atoms with Gasteiger partial charge in [0.1, 0.15) is 0 Å². The molecule has 0 bridgehead atoms. The minimum atomic E-state index is 0.467. The van der Waals surface area contributed by atoms with Crippen molar-refractivity contribution >= 4 is 17.3 Å². The fourth-order valence-corrected chi connectivity index (χ4v) is 1.33. The molecular weight excluding hydrogens is 212 g/mol. The summed E-state index contributed by atoms with van der Waals surface area (Å²) in [5, 5.41) is 3.09. The summed E-state index contributed by atoms with van der Waals surface area (Å²) < 4.78 is 0. The maximum atomic E-state index is 5.81. The molecule has 0 radical (unpaired) electrons. The second-order valence-electron chi connectivity index (χ2n) is 4.69. The van der Waals surface area contributed by atoms with Gasteiger partial charge < -0.3 is 16.0 Å². The molecule has 1 aromatic carbocycles. The zero-order valence-electron chi connectivity index (χ0n) is 11.1. The van der Waals surface area contributed by atoms with E-state index in [1.54, 1.807) is 0 Å². The molecule has 0 heterocycles. The van der Waals surface area contributed by atoms with Gasteiger partial charge in [-0.05, 0) is 24.1 Å². The minimum absolute atomic E-state index is 0.467. The number of anilines is 2. The molecule has 0 amide bonds. The molecule has 4 nitrogen and oxygen atoms in total. The molecule has 0 unspecified atom stereocenters. The van der Waals surface area contributed by atoms with Crippen LogP contribution in [0, 0.1) is 5.92 Å². The van der Waals surface area contributed by atoms with Crippen LogP contribution in [-0.4, -0.2) is 26.6 Å². The predicted octanol–water partition coefficient (Wildman–Crippen LogP) is 2.14. The zero-order valence-corrected chi connectivity index (χ0v) is 11.1. The summed E-state index contributed by atoms with van der Waals surface area (Å²) in [6.07, 6.45) is 0. The Morgan fingerprint density at radius 2 is 2.12 bits per heavy atom. The highest BCUT2D eigenvalue weighted by Gasteiger charge is 1.99. The smallest absolute Gasteiger partial charge is 0.193 e. The molecule has 0 fully saturated rings. The highest BCUT2D eigenvalue weighted by molar-refractivity contribution is 5.92. The molecule has 0 aliphatic rings. The summed E-state index contributed by atoms with van der Waals surface area (Å²) in [7, 11) is 4.02. The van der Waals surface area contributed by atoms with E-state index >= 15 is 0 Å². The zero-order chi connectivity index (χ0) is 12.8. The molecule has 0 atom stereocenters. The number of guanidine groups is 1. The number of hydrogen-bond donors (Lipinski definition) is 2. The molecule has 0 aromatic heterocycles. The van der Waals surface area contributed by atoms with Crippen molar-refractivity contribution in [3.05, 3.63) is 24.3 Å². The van der Waals surface area contributed by atoms with Crippen molar-refractivity contribution in [3.63, 3.8) is 0 Å². The van der Waals surface area contributed by atoms with Gasteiger partial charge in [-0.15, -0.1) is 0 Å². The van der Waals surface area contributed by atoms with E-state index in [9.17, 15) is 0 Å². The topological polar surface area (TPSA) is 53.6 Å². The van der Waals surface area contributed by atoms with Gasteiger partial charge in [-0.1, -0.05) is 19.9 Å². The fourth-order valence-electron chi connectivity index (χ4n) is 1.33. The maximum absolute atomic E-state index is 5.81. The number of nitrogens with one attached hydrogen (secondary N) is 1. The molecule has 0 aliphatic heterocycles. The van der Waals surface area contributed by atoms with Crippen molar-refractivity contribution in [2.24, 2.45) is 16.6 Å². The summed E-state index contributed by atoms with van der Waals surface area (Å²) >= 11 is 0. The number of rotatable bonds is 4. The molecule has 1 aromatic rings. The summed E-state index contributed by atoms with van der Waals surface area (Å²) in [6.45, 7) is 4.97. The van der Waals surface area contributed by atoms with Gasteiger partial charge in [-0.25, -0.2) is 0 Å². The third-order valence-electron chi connectivity index (χ3n) is 2.26. The van der Waals surface area contributed by atoms with E-state index in [1.165, 1.54) is 0 Å². The largest absolute Gasteiger partial charge is 0.378 e. The van der Waals surface area contributed by atoms with Gasteiger partial charge >= 0.3 is 0 Å². The molecular formula is C13H22N4. The van der Waals surface area contributed by atoms with Gasteiger partial charge in [0, 0.05) is 32.0 Å². The van der Waals surface area contributed by atoms with Crippen LogP contribution in [0.15, 0.2) is 29.3 Å². The summed E-state index contributed by atoms with van der Waals surface area (Å²) in [4.78, 5) is 6.31. The van der Waals surface area contributed by atoms with Gasteiger partial charge in [0.05, 0.1) is 0 Å². The third kappa shape index (κ3) is 4.76. The molecule has 0 saturated carbocycles. The van der Waals surface area contributed by atoms with Crippen LogP contribution in [0.1, 0.15) is 13.8 Å². The van der Waals surface area contributed by atoms with Crippen LogP contribution in [0.2, 0.25) is 0 Å². The second-order valence-corrected chi connectivity index (χ2v) is 4.69. The lowest BCUT2D eigenvalue weighted by Crippen LogP contribution is -2.23. The first kappa shape index (κ1) is 13.4.